The van der Waals surface area contributed by atoms with E-state index in [2.05, 4.69) is 26.6 Å². The monoisotopic (exact) mass is 574 g/mol. The number of halogens is 1. The number of amides is 1. The van der Waals surface area contributed by atoms with Crippen molar-refractivity contribution in [2.45, 2.75) is 30.9 Å². The zero-order valence-corrected chi connectivity index (χ0v) is 22.2. The molecular weight excluding hydrogens is 547 g/mol. The third kappa shape index (κ3) is 6.40. The Morgan fingerprint density at radius 2 is 2.00 bits per heavy atom. The van der Waals surface area contributed by atoms with Gasteiger partial charge < -0.3 is 24.8 Å². The van der Waals surface area contributed by atoms with Gasteiger partial charge in [0.1, 0.15) is 5.75 Å². The lowest BCUT2D eigenvalue weighted by molar-refractivity contribution is -0.123. The average molecular weight is 575 g/mol. The molecule has 0 saturated heterocycles. The molecule has 1 amide bonds. The molecule has 0 aromatic heterocycles. The lowest BCUT2D eigenvalue weighted by Gasteiger charge is -2.24. The summed E-state index contributed by atoms with van der Waals surface area (Å²) in [7, 11) is -7.76. The van der Waals surface area contributed by atoms with Gasteiger partial charge in [-0.2, -0.15) is 0 Å². The van der Waals surface area contributed by atoms with E-state index < -0.39 is 35.7 Å². The Morgan fingerprint density at radius 3 is 2.65 bits per heavy atom. The number of sulfone groups is 1. The molecule has 0 fully saturated rings. The Balaban J connectivity index is 1.78. The van der Waals surface area contributed by atoms with Gasteiger partial charge in [-0.3, -0.25) is 9.36 Å². The molecule has 1 aliphatic rings. The van der Waals surface area contributed by atoms with Gasteiger partial charge in [0.15, 0.2) is 22.2 Å². The maximum absolute atomic E-state index is 12.9. The van der Waals surface area contributed by atoms with Crippen LogP contribution in [0.1, 0.15) is 31.6 Å². The lowest BCUT2D eigenvalue weighted by atomic mass is 10.1. The Morgan fingerprint density at radius 1 is 1.29 bits per heavy atom. The van der Waals surface area contributed by atoms with Gasteiger partial charge in [-0.1, -0.05) is 43.7 Å². The van der Waals surface area contributed by atoms with Crippen molar-refractivity contribution < 1.29 is 31.9 Å². The van der Waals surface area contributed by atoms with Crippen LogP contribution in [0.4, 0.5) is 5.69 Å². The van der Waals surface area contributed by atoms with Crippen LogP contribution in [0.25, 0.3) is 0 Å². The Hall–Kier alpha value is -1.91. The van der Waals surface area contributed by atoms with Crippen molar-refractivity contribution in [1.29, 1.82) is 0 Å². The van der Waals surface area contributed by atoms with Gasteiger partial charge in [0.05, 0.1) is 27.4 Å². The molecule has 186 valence electrons. The van der Waals surface area contributed by atoms with Crippen LogP contribution >= 0.6 is 23.5 Å². The summed E-state index contributed by atoms with van der Waals surface area (Å²) in [4.78, 5) is 23.1. The van der Waals surface area contributed by atoms with Crippen LogP contribution in [0.15, 0.2) is 51.8 Å². The molecule has 9 nitrogen and oxygen atoms in total. The molecule has 3 rings (SSSR count). The first kappa shape index (κ1) is 26.7. The quantitative estimate of drug-likeness (QED) is 0.382. The summed E-state index contributed by atoms with van der Waals surface area (Å²) in [5.74, 6) is -1.77. The normalized spacial score (nSPS) is 19.6. The SMILES string of the molecule is CCOP(=O)(O)C(NC(=O)COc1cc2c(cc1Br)NCC(CC)CS2(=O)=O)c1ccccc1. The van der Waals surface area contributed by atoms with Crippen LogP contribution < -0.4 is 15.4 Å². The van der Waals surface area contributed by atoms with E-state index in [9.17, 15) is 22.7 Å². The highest BCUT2D eigenvalue weighted by atomic mass is 79.9. The predicted molar refractivity (Wildman–Crippen MR) is 133 cm³/mol. The summed E-state index contributed by atoms with van der Waals surface area (Å²) in [6.07, 6.45) is 0.726. The molecule has 2 aromatic carbocycles. The molecule has 0 saturated carbocycles. The number of benzene rings is 2. The molecule has 12 heteroatoms. The van der Waals surface area contributed by atoms with Gasteiger partial charge in [-0.15, -0.1) is 0 Å². The molecule has 2 aromatic rings. The van der Waals surface area contributed by atoms with Crippen molar-refractivity contribution in [3.8, 4) is 5.75 Å². The maximum atomic E-state index is 12.9. The first-order chi connectivity index (χ1) is 16.1. The van der Waals surface area contributed by atoms with E-state index in [0.29, 0.717) is 22.3 Å². The fourth-order valence-electron chi connectivity index (χ4n) is 3.60. The molecule has 1 heterocycles. The second-order valence-corrected chi connectivity index (χ2v) is 12.6. The summed E-state index contributed by atoms with van der Waals surface area (Å²) >= 11 is 3.36. The van der Waals surface area contributed by atoms with Crippen LogP contribution in [0.3, 0.4) is 0 Å². The molecule has 3 atom stereocenters. The zero-order valence-electron chi connectivity index (χ0n) is 18.9. The summed E-state index contributed by atoms with van der Waals surface area (Å²) < 4.78 is 49.5. The van der Waals surface area contributed by atoms with E-state index in [1.165, 1.54) is 6.07 Å². The van der Waals surface area contributed by atoms with Gasteiger partial charge in [0.2, 0.25) is 0 Å². The van der Waals surface area contributed by atoms with Crippen LogP contribution in [0, 0.1) is 5.92 Å². The molecule has 0 bridgehead atoms. The first-order valence-corrected chi connectivity index (χ1v) is 14.9. The third-order valence-electron chi connectivity index (χ3n) is 5.39. The molecule has 34 heavy (non-hydrogen) atoms. The highest BCUT2D eigenvalue weighted by Gasteiger charge is 2.35. The minimum atomic E-state index is -4.21. The number of nitrogens with one attached hydrogen (secondary N) is 2. The zero-order chi connectivity index (χ0) is 24.9. The van der Waals surface area contributed by atoms with Crippen molar-refractivity contribution in [2.75, 3.05) is 30.8 Å². The average Bonchev–Trinajstić information content (AvgIpc) is 2.91. The van der Waals surface area contributed by atoms with Crippen LogP contribution in [0.5, 0.6) is 5.75 Å². The van der Waals surface area contributed by atoms with Crippen LogP contribution in [0.2, 0.25) is 0 Å². The van der Waals surface area contributed by atoms with Crippen molar-refractivity contribution >= 4 is 45.0 Å². The number of hydrogen-bond acceptors (Lipinski definition) is 7. The van der Waals surface area contributed by atoms with E-state index in [1.807, 2.05) is 6.92 Å². The second kappa shape index (κ2) is 11.2. The van der Waals surface area contributed by atoms with E-state index in [1.54, 1.807) is 43.3 Å². The number of anilines is 1. The fraction of sp³-hybridized carbons (Fsp3) is 0.409. The molecule has 3 N–H and O–H groups in total. The van der Waals surface area contributed by atoms with Crippen LogP contribution in [-0.4, -0.2) is 44.7 Å². The topological polar surface area (TPSA) is 131 Å². The predicted octanol–water partition coefficient (Wildman–Crippen LogP) is 4.09. The van der Waals surface area contributed by atoms with E-state index >= 15 is 0 Å². The molecule has 0 radical (unpaired) electrons. The largest absolute Gasteiger partial charge is 0.483 e. The number of fused-ring (bicyclic) bond motifs is 1. The maximum Gasteiger partial charge on any atom is 0.354 e. The summed E-state index contributed by atoms with van der Waals surface area (Å²) in [5, 5.41) is 5.67. The molecule has 0 spiro atoms. The number of hydrogen-bond donors (Lipinski definition) is 3. The summed E-state index contributed by atoms with van der Waals surface area (Å²) in [6, 6.07) is 11.3. The van der Waals surface area contributed by atoms with Crippen molar-refractivity contribution in [1.82, 2.24) is 5.32 Å². The van der Waals surface area contributed by atoms with E-state index in [4.69, 9.17) is 9.26 Å². The molecule has 1 aliphatic heterocycles. The Labute approximate surface area is 207 Å². The van der Waals surface area contributed by atoms with Gasteiger partial charge in [-0.25, -0.2) is 8.42 Å². The second-order valence-electron chi connectivity index (χ2n) is 7.87. The van der Waals surface area contributed by atoms with Gasteiger partial charge in [0.25, 0.3) is 5.91 Å². The summed E-state index contributed by atoms with van der Waals surface area (Å²) in [6.45, 7) is 3.56. The van der Waals surface area contributed by atoms with Gasteiger partial charge in [0, 0.05) is 12.6 Å². The Kier molecular flexibility index (Phi) is 8.81. The van der Waals surface area contributed by atoms with Crippen molar-refractivity contribution in [2.24, 2.45) is 5.92 Å². The van der Waals surface area contributed by atoms with Crippen molar-refractivity contribution in [3.63, 3.8) is 0 Å². The minimum Gasteiger partial charge on any atom is -0.483 e. The molecule has 3 unspecified atom stereocenters. The van der Waals surface area contributed by atoms with Gasteiger partial charge >= 0.3 is 7.60 Å². The highest BCUT2D eigenvalue weighted by molar-refractivity contribution is 9.10. The first-order valence-electron chi connectivity index (χ1n) is 10.8. The fourth-order valence-corrected chi connectivity index (χ4v) is 7.34. The smallest absolute Gasteiger partial charge is 0.354 e. The lowest BCUT2D eigenvalue weighted by Crippen LogP contribution is -2.33. The minimum absolute atomic E-state index is 0.00699. The molecular formula is C22H28BrN2O7PS. The number of rotatable bonds is 9. The van der Waals surface area contributed by atoms with E-state index in [-0.39, 0.29) is 28.9 Å². The highest BCUT2D eigenvalue weighted by Crippen LogP contribution is 2.54. The van der Waals surface area contributed by atoms with Crippen molar-refractivity contribution in [3.05, 3.63) is 52.5 Å². The Bertz CT molecular complexity index is 1180. The number of ether oxygens (including phenoxy) is 1. The number of carbonyl (C=O) groups is 1. The van der Waals surface area contributed by atoms with Gasteiger partial charge in [-0.05, 0) is 40.4 Å². The standard InChI is InChI=1S/C22H28BrN2O7PS/c1-3-15-12-24-18-10-17(23)19(11-20(18)34(29,30)14-15)31-13-21(26)25-22(33(27,28)32-4-2)16-8-6-5-7-9-16/h5-11,15,22,24H,3-4,12-14H2,1-2H3,(H,25,26)(H,27,28). The summed E-state index contributed by atoms with van der Waals surface area (Å²) in [5.41, 5.74) is 0.880. The molecule has 0 aliphatic carbocycles. The van der Waals surface area contributed by atoms with Crippen LogP contribution in [-0.2, 0) is 23.7 Å². The number of carbonyl (C=O) groups excluding carboxylic acids is 1. The van der Waals surface area contributed by atoms with E-state index in [0.717, 1.165) is 6.42 Å². The third-order valence-corrected chi connectivity index (χ3v) is 9.64.